The predicted molar refractivity (Wildman–Crippen MR) is 70.2 cm³/mol. The highest BCUT2D eigenvalue weighted by molar-refractivity contribution is 7.15. The Hall–Kier alpha value is -1.46. The maximum absolute atomic E-state index is 11.0. The number of amides is 1. The summed E-state index contributed by atoms with van der Waals surface area (Å²) in [4.78, 5) is 16.3. The number of hydrogen-bond acceptors (Lipinski definition) is 4. The van der Waals surface area contributed by atoms with Crippen LogP contribution in [-0.2, 0) is 11.2 Å². The molecule has 92 valence electrons. The van der Waals surface area contributed by atoms with Crippen molar-refractivity contribution in [2.75, 3.05) is 11.9 Å². The molecular weight excluding hydrogens is 236 g/mol. The van der Waals surface area contributed by atoms with Crippen LogP contribution in [0, 0.1) is 6.92 Å². The van der Waals surface area contributed by atoms with Crippen molar-refractivity contribution >= 4 is 22.4 Å². The van der Waals surface area contributed by atoms with Gasteiger partial charge < -0.3 is 5.11 Å². The number of nitrogens with one attached hydrogen (secondary N) is 1. The Morgan fingerprint density at radius 1 is 1.65 bits per heavy atom. The lowest BCUT2D eigenvalue weighted by atomic mass is 10.1. The second kappa shape index (κ2) is 6.32. The third-order valence-electron chi connectivity index (χ3n) is 2.07. The number of aromatic nitrogens is 1. The Morgan fingerprint density at radius 3 is 2.94 bits per heavy atom. The number of carbonyl (C=O) groups is 1. The summed E-state index contributed by atoms with van der Waals surface area (Å²) in [5.41, 5.74) is 1.88. The van der Waals surface area contributed by atoms with E-state index in [0.717, 1.165) is 22.6 Å². The van der Waals surface area contributed by atoms with E-state index in [0.29, 0.717) is 5.13 Å². The van der Waals surface area contributed by atoms with Crippen LogP contribution in [0.2, 0.25) is 0 Å². The molecule has 0 fully saturated rings. The third-order valence-corrected chi connectivity index (χ3v) is 3.15. The summed E-state index contributed by atoms with van der Waals surface area (Å²) >= 11 is 1.41. The van der Waals surface area contributed by atoms with Gasteiger partial charge >= 0.3 is 0 Å². The van der Waals surface area contributed by atoms with Crippen LogP contribution in [0.3, 0.4) is 0 Å². The molecule has 0 atom stereocenters. The number of aryl methyl sites for hydroxylation is 1. The molecule has 2 N–H and O–H groups in total. The number of thiazole rings is 1. The molecular formula is C12H16N2O2S. The van der Waals surface area contributed by atoms with Crippen LogP contribution in [-0.4, -0.2) is 22.6 Å². The van der Waals surface area contributed by atoms with E-state index in [9.17, 15) is 4.79 Å². The summed E-state index contributed by atoms with van der Waals surface area (Å²) in [7, 11) is 0. The minimum Gasteiger partial charge on any atom is -0.387 e. The highest BCUT2D eigenvalue weighted by Crippen LogP contribution is 2.24. The first-order valence-electron chi connectivity index (χ1n) is 5.24. The predicted octanol–water partition coefficient (Wildman–Crippen LogP) is 2.06. The topological polar surface area (TPSA) is 62.2 Å². The van der Waals surface area contributed by atoms with Crippen molar-refractivity contribution in [2.24, 2.45) is 0 Å². The van der Waals surface area contributed by atoms with E-state index in [1.807, 2.05) is 26.0 Å². The largest absolute Gasteiger partial charge is 0.387 e. The minimum atomic E-state index is -0.529. The van der Waals surface area contributed by atoms with Gasteiger partial charge in [0.1, 0.15) is 6.61 Å². The van der Waals surface area contributed by atoms with Crippen LogP contribution in [0.1, 0.15) is 17.5 Å². The van der Waals surface area contributed by atoms with Crippen molar-refractivity contribution in [3.63, 3.8) is 0 Å². The van der Waals surface area contributed by atoms with Crippen LogP contribution in [0.4, 0.5) is 5.13 Å². The fourth-order valence-electron chi connectivity index (χ4n) is 1.31. The van der Waals surface area contributed by atoms with Crippen molar-refractivity contribution in [2.45, 2.75) is 20.3 Å². The molecule has 0 aliphatic heterocycles. The molecule has 1 aromatic rings. The summed E-state index contributed by atoms with van der Waals surface area (Å²) in [5, 5.41) is 11.7. The van der Waals surface area contributed by atoms with E-state index in [4.69, 9.17) is 5.11 Å². The first kappa shape index (κ1) is 13.6. The quantitative estimate of drug-likeness (QED) is 0.788. The fraction of sp³-hybridized carbons (Fsp3) is 0.333. The SMILES string of the molecule is C=C(/C=C\C)Cc1sc(NC(=O)CO)nc1C. The number of nitrogens with zero attached hydrogens (tertiary/aromatic N) is 1. The summed E-state index contributed by atoms with van der Waals surface area (Å²) in [6.07, 6.45) is 4.61. The van der Waals surface area contributed by atoms with Gasteiger partial charge in [-0.1, -0.05) is 24.3 Å². The van der Waals surface area contributed by atoms with Crippen LogP contribution in [0.15, 0.2) is 24.3 Å². The summed E-state index contributed by atoms with van der Waals surface area (Å²) in [5.74, 6) is -0.447. The van der Waals surface area contributed by atoms with Gasteiger partial charge in [-0.15, -0.1) is 11.3 Å². The lowest BCUT2D eigenvalue weighted by Crippen LogP contribution is -2.15. The van der Waals surface area contributed by atoms with E-state index in [2.05, 4.69) is 16.9 Å². The van der Waals surface area contributed by atoms with Crippen molar-refractivity contribution in [3.8, 4) is 0 Å². The number of aliphatic hydroxyl groups excluding tert-OH is 1. The molecule has 1 amide bonds. The third kappa shape index (κ3) is 4.13. The van der Waals surface area contributed by atoms with Crippen LogP contribution in [0.5, 0.6) is 0 Å². The highest BCUT2D eigenvalue weighted by Gasteiger charge is 2.09. The van der Waals surface area contributed by atoms with Gasteiger partial charge in [0.15, 0.2) is 5.13 Å². The molecule has 0 bridgehead atoms. The maximum atomic E-state index is 11.0. The van der Waals surface area contributed by atoms with Gasteiger partial charge in [-0.2, -0.15) is 0 Å². The van der Waals surface area contributed by atoms with Crippen molar-refractivity contribution in [3.05, 3.63) is 34.9 Å². The molecule has 0 aliphatic rings. The van der Waals surface area contributed by atoms with Crippen molar-refractivity contribution in [1.29, 1.82) is 0 Å². The molecule has 0 radical (unpaired) electrons. The Balaban J connectivity index is 2.74. The van der Waals surface area contributed by atoms with Crippen LogP contribution in [0.25, 0.3) is 0 Å². The summed E-state index contributed by atoms with van der Waals surface area (Å²) < 4.78 is 0. The zero-order valence-corrected chi connectivity index (χ0v) is 10.8. The molecule has 0 aliphatic carbocycles. The Morgan fingerprint density at radius 2 is 2.35 bits per heavy atom. The van der Waals surface area contributed by atoms with Gasteiger partial charge in [-0.05, 0) is 13.8 Å². The smallest absolute Gasteiger partial charge is 0.251 e. The molecule has 0 aromatic carbocycles. The average Bonchev–Trinajstić information content (AvgIpc) is 2.59. The number of anilines is 1. The zero-order chi connectivity index (χ0) is 12.8. The molecule has 0 spiro atoms. The lowest BCUT2D eigenvalue weighted by molar-refractivity contribution is -0.118. The van der Waals surface area contributed by atoms with Crippen molar-refractivity contribution in [1.82, 2.24) is 4.98 Å². The molecule has 4 nitrogen and oxygen atoms in total. The van der Waals surface area contributed by atoms with Crippen LogP contribution < -0.4 is 5.32 Å². The van der Waals surface area contributed by atoms with Gasteiger partial charge in [-0.25, -0.2) is 4.98 Å². The normalized spacial score (nSPS) is 10.8. The summed E-state index contributed by atoms with van der Waals surface area (Å²) in [6.45, 7) is 7.24. The van der Waals surface area contributed by atoms with Crippen LogP contribution >= 0.6 is 11.3 Å². The molecule has 17 heavy (non-hydrogen) atoms. The van der Waals surface area contributed by atoms with Crippen molar-refractivity contribution < 1.29 is 9.90 Å². The number of hydrogen-bond donors (Lipinski definition) is 2. The molecule has 0 unspecified atom stereocenters. The first-order chi connectivity index (χ1) is 8.06. The highest BCUT2D eigenvalue weighted by atomic mass is 32.1. The van der Waals surface area contributed by atoms with E-state index in [-0.39, 0.29) is 0 Å². The molecule has 5 heteroatoms. The number of allylic oxidation sites excluding steroid dienone is 3. The molecule has 0 saturated carbocycles. The average molecular weight is 252 g/mol. The standard InChI is InChI=1S/C12H16N2O2S/c1-4-5-8(2)6-10-9(3)13-12(17-10)14-11(16)7-15/h4-5,15H,2,6-7H2,1,3H3,(H,13,14,16)/b5-4-. The minimum absolute atomic E-state index is 0.447. The van der Waals surface area contributed by atoms with Gasteiger partial charge in [0.2, 0.25) is 0 Å². The van der Waals surface area contributed by atoms with E-state index in [1.54, 1.807) is 0 Å². The zero-order valence-electron chi connectivity index (χ0n) is 9.99. The first-order valence-corrected chi connectivity index (χ1v) is 6.06. The number of carbonyl (C=O) groups excluding carboxylic acids is 1. The lowest BCUT2D eigenvalue weighted by Gasteiger charge is -1.97. The molecule has 1 aromatic heterocycles. The van der Waals surface area contributed by atoms with E-state index >= 15 is 0 Å². The Bertz CT molecular complexity index is 449. The maximum Gasteiger partial charge on any atom is 0.251 e. The van der Waals surface area contributed by atoms with E-state index < -0.39 is 12.5 Å². The van der Waals surface area contributed by atoms with Gasteiger partial charge in [0.05, 0.1) is 5.69 Å². The Kier molecular flexibility index (Phi) is 5.06. The second-order valence-electron chi connectivity index (χ2n) is 3.57. The molecule has 1 rings (SSSR count). The number of aliphatic hydroxyl groups is 1. The summed E-state index contributed by atoms with van der Waals surface area (Å²) in [6, 6.07) is 0. The monoisotopic (exact) mass is 252 g/mol. The molecule has 1 heterocycles. The van der Waals surface area contributed by atoms with Gasteiger partial charge in [0.25, 0.3) is 5.91 Å². The van der Waals surface area contributed by atoms with E-state index in [1.165, 1.54) is 11.3 Å². The fourth-order valence-corrected chi connectivity index (χ4v) is 2.34. The molecule has 0 saturated heterocycles. The van der Waals surface area contributed by atoms with Gasteiger partial charge in [0, 0.05) is 11.3 Å². The van der Waals surface area contributed by atoms with Gasteiger partial charge in [-0.3, -0.25) is 10.1 Å². The number of rotatable bonds is 5. The second-order valence-corrected chi connectivity index (χ2v) is 4.65. The Labute approximate surface area is 105 Å².